The zero-order chi connectivity index (χ0) is 16.5. The molecule has 0 atom stereocenters. The molecule has 2 N–H and O–H groups in total. The Hall–Kier alpha value is -2.68. The van der Waals surface area contributed by atoms with Gasteiger partial charge in [-0.3, -0.25) is 0 Å². The summed E-state index contributed by atoms with van der Waals surface area (Å²) in [7, 11) is 0. The van der Waals surface area contributed by atoms with Crippen molar-refractivity contribution in [1.29, 1.82) is 0 Å². The average molecular weight is 314 g/mol. The second-order valence-corrected chi connectivity index (χ2v) is 5.96. The minimum atomic E-state index is 0.00593. The average Bonchev–Trinajstić information content (AvgIpc) is 2.66. The van der Waals surface area contributed by atoms with Crippen LogP contribution in [0.25, 0.3) is 32.7 Å². The van der Waals surface area contributed by atoms with Gasteiger partial charge in [-0.1, -0.05) is 72.8 Å². The van der Waals surface area contributed by atoms with Crippen molar-refractivity contribution < 1.29 is 10.2 Å². The summed E-state index contributed by atoms with van der Waals surface area (Å²) in [5.74, 6) is 0. The molecule has 0 amide bonds. The molecule has 0 spiro atoms. The molecule has 0 aliphatic heterocycles. The van der Waals surface area contributed by atoms with Crippen molar-refractivity contribution in [3.63, 3.8) is 0 Å². The standard InChI is InChI=1S/C22H18O2/c23-13-17-9-1-5-15-7-3-11-19(21(15)17)20-12-4-8-16-6-2-10-18(14-24)22(16)20/h1-12,23-24H,13-14H2. The third kappa shape index (κ3) is 2.28. The monoisotopic (exact) mass is 314 g/mol. The van der Waals surface area contributed by atoms with Crippen molar-refractivity contribution in [2.24, 2.45) is 0 Å². The van der Waals surface area contributed by atoms with Gasteiger partial charge < -0.3 is 10.2 Å². The van der Waals surface area contributed by atoms with Gasteiger partial charge >= 0.3 is 0 Å². The van der Waals surface area contributed by atoms with Crippen LogP contribution in [0.15, 0.2) is 72.8 Å². The Balaban J connectivity index is 2.15. The van der Waals surface area contributed by atoms with Crippen LogP contribution >= 0.6 is 0 Å². The van der Waals surface area contributed by atoms with Crippen LogP contribution in [0.2, 0.25) is 0 Å². The topological polar surface area (TPSA) is 40.5 Å². The van der Waals surface area contributed by atoms with E-state index in [1.807, 2.05) is 36.4 Å². The van der Waals surface area contributed by atoms with E-state index in [0.29, 0.717) is 0 Å². The molecule has 0 aliphatic carbocycles. The van der Waals surface area contributed by atoms with Gasteiger partial charge in [0.15, 0.2) is 0 Å². The molecule has 0 heterocycles. The second kappa shape index (κ2) is 6.08. The number of aliphatic hydroxyl groups is 2. The second-order valence-electron chi connectivity index (χ2n) is 5.96. The van der Waals surface area contributed by atoms with Crippen molar-refractivity contribution in [3.8, 4) is 11.1 Å². The van der Waals surface area contributed by atoms with Gasteiger partial charge in [-0.25, -0.2) is 0 Å². The molecule has 0 fully saturated rings. The van der Waals surface area contributed by atoms with Crippen LogP contribution in [-0.4, -0.2) is 10.2 Å². The number of benzene rings is 4. The predicted molar refractivity (Wildman–Crippen MR) is 98.7 cm³/mol. The van der Waals surface area contributed by atoms with Gasteiger partial charge in [-0.15, -0.1) is 0 Å². The first-order chi connectivity index (χ1) is 11.8. The highest BCUT2D eigenvalue weighted by atomic mass is 16.3. The molecular weight excluding hydrogens is 296 g/mol. The van der Waals surface area contributed by atoms with Crippen LogP contribution in [0.4, 0.5) is 0 Å². The minimum absolute atomic E-state index is 0.00593. The van der Waals surface area contributed by atoms with Crippen molar-refractivity contribution in [3.05, 3.63) is 83.9 Å². The number of fused-ring (bicyclic) bond motifs is 2. The summed E-state index contributed by atoms with van der Waals surface area (Å²) in [6.45, 7) is 0.0119. The molecule has 2 nitrogen and oxygen atoms in total. The van der Waals surface area contributed by atoms with Gasteiger partial charge in [0.05, 0.1) is 13.2 Å². The number of hydrogen-bond acceptors (Lipinski definition) is 2. The van der Waals surface area contributed by atoms with E-state index in [9.17, 15) is 10.2 Å². The smallest absolute Gasteiger partial charge is 0.0688 e. The van der Waals surface area contributed by atoms with Crippen molar-refractivity contribution >= 4 is 21.5 Å². The van der Waals surface area contributed by atoms with Gasteiger partial charge in [0.2, 0.25) is 0 Å². The first-order valence-electron chi connectivity index (χ1n) is 8.07. The Morgan fingerprint density at radius 3 is 1.25 bits per heavy atom. The summed E-state index contributed by atoms with van der Waals surface area (Å²) in [5.41, 5.74) is 4.01. The Morgan fingerprint density at radius 2 is 0.875 bits per heavy atom. The summed E-state index contributed by atoms with van der Waals surface area (Å²) in [5, 5.41) is 23.9. The molecule has 0 aliphatic rings. The molecule has 2 heteroatoms. The highest BCUT2D eigenvalue weighted by Gasteiger charge is 2.12. The molecule has 4 aromatic carbocycles. The minimum Gasteiger partial charge on any atom is -0.392 e. The van der Waals surface area contributed by atoms with E-state index >= 15 is 0 Å². The maximum atomic E-state index is 9.78. The van der Waals surface area contributed by atoms with Gasteiger partial charge in [-0.2, -0.15) is 0 Å². The summed E-state index contributed by atoms with van der Waals surface area (Å²) < 4.78 is 0. The molecule has 24 heavy (non-hydrogen) atoms. The van der Waals surface area contributed by atoms with E-state index in [1.165, 1.54) is 0 Å². The molecular formula is C22H18O2. The fourth-order valence-electron chi connectivity index (χ4n) is 3.55. The van der Waals surface area contributed by atoms with Gasteiger partial charge in [0.1, 0.15) is 0 Å². The van der Waals surface area contributed by atoms with Crippen LogP contribution in [0, 0.1) is 0 Å². The molecule has 0 bridgehead atoms. The van der Waals surface area contributed by atoms with Crippen LogP contribution < -0.4 is 0 Å². The van der Waals surface area contributed by atoms with E-state index in [0.717, 1.165) is 43.8 Å². The SMILES string of the molecule is OCc1cccc2cccc(-c3cccc4cccc(CO)c34)c12. The van der Waals surface area contributed by atoms with Crippen LogP contribution in [0.5, 0.6) is 0 Å². The van der Waals surface area contributed by atoms with Crippen LogP contribution in [0.3, 0.4) is 0 Å². The number of rotatable bonds is 3. The van der Waals surface area contributed by atoms with E-state index in [4.69, 9.17) is 0 Å². The van der Waals surface area contributed by atoms with E-state index in [-0.39, 0.29) is 13.2 Å². The first-order valence-corrected chi connectivity index (χ1v) is 8.07. The summed E-state index contributed by atoms with van der Waals surface area (Å²) in [4.78, 5) is 0. The van der Waals surface area contributed by atoms with Crippen molar-refractivity contribution in [1.82, 2.24) is 0 Å². The summed E-state index contributed by atoms with van der Waals surface area (Å²) in [6, 6.07) is 24.4. The lowest BCUT2D eigenvalue weighted by Gasteiger charge is -2.15. The Morgan fingerprint density at radius 1 is 0.500 bits per heavy atom. The van der Waals surface area contributed by atoms with Crippen LogP contribution in [-0.2, 0) is 13.2 Å². The maximum absolute atomic E-state index is 9.78. The van der Waals surface area contributed by atoms with E-state index in [1.54, 1.807) is 0 Å². The molecule has 4 aromatic rings. The summed E-state index contributed by atoms with van der Waals surface area (Å²) in [6.07, 6.45) is 0. The fourth-order valence-corrected chi connectivity index (χ4v) is 3.55. The van der Waals surface area contributed by atoms with Gasteiger partial charge in [0, 0.05) is 0 Å². The lowest BCUT2D eigenvalue weighted by Crippen LogP contribution is -1.92. The van der Waals surface area contributed by atoms with Gasteiger partial charge in [-0.05, 0) is 43.8 Å². The molecule has 118 valence electrons. The molecule has 0 saturated heterocycles. The fraction of sp³-hybridized carbons (Fsp3) is 0.0909. The normalized spacial score (nSPS) is 11.2. The third-order valence-electron chi connectivity index (χ3n) is 4.61. The van der Waals surface area contributed by atoms with Crippen LogP contribution in [0.1, 0.15) is 11.1 Å². The maximum Gasteiger partial charge on any atom is 0.0688 e. The zero-order valence-corrected chi connectivity index (χ0v) is 13.2. The highest BCUT2D eigenvalue weighted by Crippen LogP contribution is 2.37. The lowest BCUT2D eigenvalue weighted by atomic mass is 9.90. The Labute approximate surface area is 140 Å². The lowest BCUT2D eigenvalue weighted by molar-refractivity contribution is 0.283. The first kappa shape index (κ1) is 14.9. The molecule has 0 radical (unpaired) electrons. The highest BCUT2D eigenvalue weighted by molar-refractivity contribution is 6.07. The largest absolute Gasteiger partial charge is 0.392 e. The van der Waals surface area contributed by atoms with E-state index < -0.39 is 0 Å². The quantitative estimate of drug-likeness (QED) is 0.578. The van der Waals surface area contributed by atoms with Crippen molar-refractivity contribution in [2.45, 2.75) is 13.2 Å². The molecule has 0 aromatic heterocycles. The zero-order valence-electron chi connectivity index (χ0n) is 13.2. The van der Waals surface area contributed by atoms with E-state index in [2.05, 4.69) is 36.4 Å². The molecule has 0 unspecified atom stereocenters. The predicted octanol–water partition coefficient (Wildman–Crippen LogP) is 4.64. The third-order valence-corrected chi connectivity index (χ3v) is 4.61. The Bertz CT molecular complexity index is 939. The molecule has 0 saturated carbocycles. The summed E-state index contributed by atoms with van der Waals surface area (Å²) >= 11 is 0. The molecule has 4 rings (SSSR count). The van der Waals surface area contributed by atoms with Crippen molar-refractivity contribution in [2.75, 3.05) is 0 Å². The number of hydrogen-bond donors (Lipinski definition) is 2. The number of aliphatic hydroxyl groups excluding tert-OH is 2. The van der Waals surface area contributed by atoms with Gasteiger partial charge in [0.25, 0.3) is 0 Å². The Kier molecular flexibility index (Phi) is 3.77.